The van der Waals surface area contributed by atoms with Gasteiger partial charge in [-0.1, -0.05) is 12.1 Å². The summed E-state index contributed by atoms with van der Waals surface area (Å²) in [6.07, 6.45) is -5.65. The van der Waals surface area contributed by atoms with Gasteiger partial charge in [-0.05, 0) is 19.1 Å². The molecule has 13 heteroatoms. The van der Waals surface area contributed by atoms with Crippen LogP contribution >= 0.6 is 0 Å². The fourth-order valence-corrected chi connectivity index (χ4v) is 2.73. The summed E-state index contributed by atoms with van der Waals surface area (Å²) in [5.41, 5.74) is -2.06. The van der Waals surface area contributed by atoms with Crippen molar-refractivity contribution in [3.05, 3.63) is 29.8 Å². The summed E-state index contributed by atoms with van der Waals surface area (Å²) in [6, 6.07) is 0.552. The number of aliphatic hydroxyl groups is 1. The third kappa shape index (κ3) is 4.03. The van der Waals surface area contributed by atoms with Crippen LogP contribution in [0.2, 0.25) is 0 Å². The van der Waals surface area contributed by atoms with Crippen molar-refractivity contribution in [1.82, 2.24) is 5.32 Å². The number of rotatable bonds is 5. The highest BCUT2D eigenvalue weighted by molar-refractivity contribution is 7.92. The van der Waals surface area contributed by atoms with Gasteiger partial charge in [0, 0.05) is 12.1 Å². The number of benzene rings is 1. The molecule has 1 rings (SSSR count). The quantitative estimate of drug-likeness (QED) is 0.733. The molecule has 1 atom stereocenters. The maximum absolute atomic E-state index is 13.7. The highest BCUT2D eigenvalue weighted by Crippen LogP contribution is 2.49. The zero-order valence-electron chi connectivity index (χ0n) is 13.3. The van der Waals surface area contributed by atoms with Gasteiger partial charge in [0.25, 0.3) is 0 Å². The Balaban J connectivity index is 3.36. The second-order valence-corrected chi connectivity index (χ2v) is 6.94. The van der Waals surface area contributed by atoms with Crippen LogP contribution in [-0.4, -0.2) is 44.4 Å². The normalized spacial score (nSPS) is 15.3. The molecule has 0 spiro atoms. The van der Waals surface area contributed by atoms with E-state index in [-0.39, 0.29) is 23.0 Å². The lowest BCUT2D eigenvalue weighted by Gasteiger charge is -2.30. The molecular formula is C13H14F6N2O4S. The van der Waals surface area contributed by atoms with Gasteiger partial charge in [-0.3, -0.25) is 0 Å². The molecule has 0 aromatic heterocycles. The van der Waals surface area contributed by atoms with E-state index < -0.39 is 45.3 Å². The van der Waals surface area contributed by atoms with Crippen molar-refractivity contribution >= 4 is 21.7 Å². The first-order chi connectivity index (χ1) is 11.6. The molecule has 0 saturated carbocycles. The third-order valence-corrected chi connectivity index (χ3v) is 4.14. The maximum atomic E-state index is 13.7. The number of alkyl halides is 6. The summed E-state index contributed by atoms with van der Waals surface area (Å²) < 4.78 is 101. The summed E-state index contributed by atoms with van der Waals surface area (Å²) in [4.78, 5) is 11.8. The van der Waals surface area contributed by atoms with E-state index in [9.17, 15) is 39.6 Å². The van der Waals surface area contributed by atoms with Crippen LogP contribution in [0.5, 0.6) is 0 Å². The number of carbonyl (C=O) groups excluding carboxylic acids is 1. The van der Waals surface area contributed by atoms with E-state index in [4.69, 9.17) is 5.11 Å². The molecule has 0 aliphatic heterocycles. The lowest BCUT2D eigenvalue weighted by atomic mass is 10.0. The average molecular weight is 408 g/mol. The Morgan fingerprint density at radius 2 is 1.58 bits per heavy atom. The van der Waals surface area contributed by atoms with Gasteiger partial charge < -0.3 is 10.4 Å². The van der Waals surface area contributed by atoms with Crippen molar-refractivity contribution in [2.24, 2.45) is 0 Å². The monoisotopic (exact) mass is 408 g/mol. The van der Waals surface area contributed by atoms with Crippen LogP contribution in [-0.2, 0) is 15.9 Å². The molecule has 26 heavy (non-hydrogen) atoms. The molecule has 0 aliphatic rings. The number of hydrogen-bond acceptors (Lipinski definition) is 4. The van der Waals surface area contributed by atoms with Crippen molar-refractivity contribution in [1.29, 1.82) is 0 Å². The van der Waals surface area contributed by atoms with Crippen LogP contribution in [0.15, 0.2) is 24.3 Å². The van der Waals surface area contributed by atoms with E-state index in [0.717, 1.165) is 0 Å². The number of sulfonamides is 1. The number of amides is 2. The molecule has 0 heterocycles. The maximum Gasteiger partial charge on any atom is 0.455 e. The van der Waals surface area contributed by atoms with E-state index in [2.05, 4.69) is 5.32 Å². The van der Waals surface area contributed by atoms with Crippen LogP contribution < -0.4 is 9.62 Å². The van der Waals surface area contributed by atoms with Gasteiger partial charge >= 0.3 is 24.0 Å². The molecule has 0 aliphatic carbocycles. The fraction of sp³-hybridized carbons (Fsp3) is 0.462. The van der Waals surface area contributed by atoms with Crippen molar-refractivity contribution in [3.8, 4) is 0 Å². The summed E-state index contributed by atoms with van der Waals surface area (Å²) >= 11 is 0. The van der Waals surface area contributed by atoms with Gasteiger partial charge in [-0.15, -0.1) is 0 Å². The van der Waals surface area contributed by atoms with Crippen molar-refractivity contribution in [2.45, 2.75) is 24.9 Å². The van der Waals surface area contributed by atoms with Crippen molar-refractivity contribution in [2.75, 3.05) is 17.1 Å². The van der Waals surface area contributed by atoms with E-state index in [1.165, 1.54) is 6.92 Å². The summed E-state index contributed by atoms with van der Waals surface area (Å²) in [5.74, 6) is -11.2. The van der Waals surface area contributed by atoms with E-state index in [1.807, 2.05) is 0 Å². The number of anilines is 1. The summed E-state index contributed by atoms with van der Waals surface area (Å²) in [6.45, 7) is 1.50. The number of carbonyl (C=O) groups is 1. The number of hydrogen-bond donors (Lipinski definition) is 2. The van der Waals surface area contributed by atoms with Crippen LogP contribution in [0.25, 0.3) is 0 Å². The van der Waals surface area contributed by atoms with Crippen LogP contribution in [0.4, 0.5) is 36.8 Å². The Morgan fingerprint density at radius 3 is 1.92 bits per heavy atom. The van der Waals surface area contributed by atoms with E-state index >= 15 is 0 Å². The smallest absolute Gasteiger partial charge is 0.350 e. The Labute approximate surface area is 144 Å². The molecule has 0 bridgehead atoms. The Bertz CT molecular complexity index is 762. The van der Waals surface area contributed by atoms with Crippen LogP contribution in [0.1, 0.15) is 12.5 Å². The Hall–Kier alpha value is -2.02. The van der Waals surface area contributed by atoms with Crippen molar-refractivity contribution in [3.63, 3.8) is 0 Å². The SMILES string of the molecule is CCNC(=O)N(c1ccc(C(F)(F)C(O)(F)C(F)(F)F)cc1)S(C)(=O)=O. The minimum absolute atomic E-state index is 0.0292. The second kappa shape index (κ2) is 6.95. The first kappa shape index (κ1) is 22.0. The predicted molar refractivity (Wildman–Crippen MR) is 78.8 cm³/mol. The minimum Gasteiger partial charge on any atom is -0.350 e. The van der Waals surface area contributed by atoms with Gasteiger partial charge in [0.1, 0.15) is 0 Å². The molecule has 0 fully saturated rings. The zero-order valence-corrected chi connectivity index (χ0v) is 14.1. The molecule has 1 aromatic carbocycles. The molecule has 2 amide bonds. The van der Waals surface area contributed by atoms with Gasteiger partial charge in [0.15, 0.2) is 0 Å². The van der Waals surface area contributed by atoms with Crippen LogP contribution in [0, 0.1) is 0 Å². The van der Waals surface area contributed by atoms with E-state index in [0.29, 0.717) is 18.4 Å². The first-order valence-corrected chi connectivity index (χ1v) is 8.66. The number of nitrogens with zero attached hydrogens (tertiary/aromatic N) is 1. The highest BCUT2D eigenvalue weighted by atomic mass is 32.2. The molecule has 0 saturated heterocycles. The summed E-state index contributed by atoms with van der Waals surface area (Å²) in [7, 11) is -4.21. The average Bonchev–Trinajstić information content (AvgIpc) is 2.45. The van der Waals surface area contributed by atoms with Gasteiger partial charge in [-0.25, -0.2) is 13.2 Å². The molecule has 2 N–H and O–H groups in total. The predicted octanol–water partition coefficient (Wildman–Crippen LogP) is 2.49. The molecule has 6 nitrogen and oxygen atoms in total. The number of halogens is 6. The fourth-order valence-electron chi connectivity index (χ4n) is 1.86. The topological polar surface area (TPSA) is 86.7 Å². The Morgan fingerprint density at radius 1 is 1.12 bits per heavy atom. The molecule has 1 aromatic rings. The lowest BCUT2D eigenvalue weighted by molar-refractivity contribution is -0.390. The second-order valence-electron chi connectivity index (χ2n) is 5.10. The highest BCUT2D eigenvalue weighted by Gasteiger charge is 2.71. The van der Waals surface area contributed by atoms with E-state index in [1.54, 1.807) is 0 Å². The molecule has 1 unspecified atom stereocenters. The largest absolute Gasteiger partial charge is 0.455 e. The number of nitrogens with one attached hydrogen (secondary N) is 1. The van der Waals surface area contributed by atoms with Gasteiger partial charge in [0.05, 0.1) is 11.9 Å². The molecule has 148 valence electrons. The minimum atomic E-state index is -6.28. The summed E-state index contributed by atoms with van der Waals surface area (Å²) in [5, 5.41) is 10.7. The number of urea groups is 1. The first-order valence-electron chi connectivity index (χ1n) is 6.82. The molecule has 0 radical (unpaired) electrons. The Kier molecular flexibility index (Phi) is 5.88. The van der Waals surface area contributed by atoms with Gasteiger partial charge in [-0.2, -0.15) is 30.6 Å². The molecular weight excluding hydrogens is 394 g/mol. The zero-order chi connectivity index (χ0) is 20.6. The van der Waals surface area contributed by atoms with Gasteiger partial charge in [0.2, 0.25) is 10.0 Å². The lowest BCUT2D eigenvalue weighted by Crippen LogP contribution is -2.53. The third-order valence-electron chi connectivity index (χ3n) is 3.10. The standard InChI is InChI=1S/C13H14F6N2O4S/c1-3-20-10(22)21(26(2,24)25)9-6-4-8(5-7-9)11(14,15)12(16,23)13(17,18)19/h4-7,23H,3H2,1-2H3,(H,20,22). The van der Waals surface area contributed by atoms with Crippen LogP contribution in [0.3, 0.4) is 0 Å². The van der Waals surface area contributed by atoms with Crippen molar-refractivity contribution < 1.29 is 44.7 Å².